The summed E-state index contributed by atoms with van der Waals surface area (Å²) in [5, 5.41) is 5.40. The first-order valence-electron chi connectivity index (χ1n) is 10.3. The second kappa shape index (κ2) is 10.5. The Morgan fingerprint density at radius 3 is 2.32 bits per heavy atom. The van der Waals surface area contributed by atoms with Crippen LogP contribution in [0.4, 0.5) is 10.5 Å². The molecule has 1 saturated heterocycles. The molecule has 0 saturated carbocycles. The Kier molecular flexibility index (Phi) is 7.48. The number of carbonyl (C=O) groups excluding carboxylic acids is 3. The lowest BCUT2D eigenvalue weighted by atomic mass is 10.1. The van der Waals surface area contributed by atoms with Crippen molar-refractivity contribution in [2.45, 2.75) is 13.3 Å². The molecule has 31 heavy (non-hydrogen) atoms. The number of hydrogen-bond acceptors (Lipinski definition) is 4. The molecule has 164 valence electrons. The minimum absolute atomic E-state index is 0.0379. The smallest absolute Gasteiger partial charge is 0.319 e. The molecule has 0 unspecified atom stereocenters. The van der Waals surface area contributed by atoms with Gasteiger partial charge >= 0.3 is 6.03 Å². The molecular weight excluding hydrogens is 396 g/mol. The summed E-state index contributed by atoms with van der Waals surface area (Å²) in [6.45, 7) is 4.08. The Morgan fingerprint density at radius 2 is 1.65 bits per heavy atom. The van der Waals surface area contributed by atoms with Crippen molar-refractivity contribution in [3.8, 4) is 5.75 Å². The number of nitrogens with one attached hydrogen (secondary N) is 2. The first-order valence-corrected chi connectivity index (χ1v) is 10.3. The fourth-order valence-corrected chi connectivity index (χ4v) is 3.43. The molecule has 0 aliphatic carbocycles. The van der Waals surface area contributed by atoms with Crippen molar-refractivity contribution in [3.63, 3.8) is 0 Å². The van der Waals surface area contributed by atoms with E-state index in [-0.39, 0.29) is 30.8 Å². The SMILES string of the molecule is COc1cc(C(=O)N2CCN(C(=O)CCNC(=O)Nc3ccccc3)CC2)ccc1C. The van der Waals surface area contributed by atoms with Gasteiger partial charge < -0.3 is 25.2 Å². The monoisotopic (exact) mass is 424 g/mol. The lowest BCUT2D eigenvalue weighted by Crippen LogP contribution is -2.51. The highest BCUT2D eigenvalue weighted by Crippen LogP contribution is 2.20. The Labute approximate surface area is 182 Å². The summed E-state index contributed by atoms with van der Waals surface area (Å²) in [7, 11) is 1.58. The predicted octanol–water partition coefficient (Wildman–Crippen LogP) is 2.50. The molecule has 8 heteroatoms. The van der Waals surface area contributed by atoms with E-state index in [0.717, 1.165) is 5.56 Å². The van der Waals surface area contributed by atoms with Gasteiger partial charge in [-0.3, -0.25) is 9.59 Å². The van der Waals surface area contributed by atoms with E-state index in [9.17, 15) is 14.4 Å². The standard InChI is InChI=1S/C23H28N4O4/c1-17-8-9-18(16-20(17)31-2)22(29)27-14-12-26(13-15-27)21(28)10-11-24-23(30)25-19-6-4-3-5-7-19/h3-9,16H,10-15H2,1-2H3,(H2,24,25,30). The number of ether oxygens (including phenoxy) is 1. The maximum Gasteiger partial charge on any atom is 0.319 e. The lowest BCUT2D eigenvalue weighted by molar-refractivity contribution is -0.132. The number of anilines is 1. The highest BCUT2D eigenvalue weighted by atomic mass is 16.5. The number of rotatable bonds is 6. The number of aryl methyl sites for hydroxylation is 1. The Morgan fingerprint density at radius 1 is 0.968 bits per heavy atom. The molecule has 2 aromatic carbocycles. The van der Waals surface area contributed by atoms with Crippen molar-refractivity contribution in [1.82, 2.24) is 15.1 Å². The third-order valence-corrected chi connectivity index (χ3v) is 5.23. The Hall–Kier alpha value is -3.55. The normalized spacial score (nSPS) is 13.5. The molecule has 1 aliphatic heterocycles. The summed E-state index contributed by atoms with van der Waals surface area (Å²) in [4.78, 5) is 40.6. The maximum atomic E-state index is 12.8. The van der Waals surface area contributed by atoms with Gasteiger partial charge in [-0.25, -0.2) is 4.79 Å². The first kappa shape index (κ1) is 22.1. The Bertz CT molecular complexity index is 924. The molecule has 8 nitrogen and oxygen atoms in total. The van der Waals surface area contributed by atoms with Crippen molar-refractivity contribution < 1.29 is 19.1 Å². The quantitative estimate of drug-likeness (QED) is 0.746. The number of amides is 4. The fraction of sp³-hybridized carbons (Fsp3) is 0.348. The second-order valence-corrected chi connectivity index (χ2v) is 7.35. The molecule has 0 atom stereocenters. The molecule has 3 rings (SSSR count). The molecule has 1 heterocycles. The van der Waals surface area contributed by atoms with Crippen LogP contribution in [-0.2, 0) is 4.79 Å². The van der Waals surface area contributed by atoms with Gasteiger partial charge in [0.05, 0.1) is 7.11 Å². The average Bonchev–Trinajstić information content (AvgIpc) is 2.79. The number of carbonyl (C=O) groups is 3. The molecule has 1 fully saturated rings. The summed E-state index contributed by atoms with van der Waals surface area (Å²) >= 11 is 0. The zero-order valence-electron chi connectivity index (χ0n) is 17.9. The van der Waals surface area contributed by atoms with E-state index in [1.165, 1.54) is 0 Å². The summed E-state index contributed by atoms with van der Waals surface area (Å²) in [5.74, 6) is 0.581. The number of para-hydroxylation sites is 1. The number of urea groups is 1. The third-order valence-electron chi connectivity index (χ3n) is 5.23. The topological polar surface area (TPSA) is 91.0 Å². The summed E-state index contributed by atoms with van der Waals surface area (Å²) in [6, 6.07) is 14.2. The highest BCUT2D eigenvalue weighted by molar-refractivity contribution is 5.95. The average molecular weight is 425 g/mol. The number of benzene rings is 2. The van der Waals surface area contributed by atoms with Gasteiger partial charge in [0.1, 0.15) is 5.75 Å². The van der Waals surface area contributed by atoms with Crippen LogP contribution in [0.3, 0.4) is 0 Å². The highest BCUT2D eigenvalue weighted by Gasteiger charge is 2.25. The van der Waals surface area contributed by atoms with Crippen LogP contribution in [0.1, 0.15) is 22.3 Å². The van der Waals surface area contributed by atoms with Crippen LogP contribution in [0, 0.1) is 6.92 Å². The Balaban J connectivity index is 1.41. The molecule has 0 radical (unpaired) electrons. The van der Waals surface area contributed by atoms with Crippen molar-refractivity contribution in [3.05, 3.63) is 59.7 Å². The number of hydrogen-bond donors (Lipinski definition) is 2. The van der Waals surface area contributed by atoms with E-state index < -0.39 is 0 Å². The second-order valence-electron chi connectivity index (χ2n) is 7.35. The number of piperazine rings is 1. The van der Waals surface area contributed by atoms with Crippen LogP contribution < -0.4 is 15.4 Å². The molecule has 4 amide bonds. The van der Waals surface area contributed by atoms with Crippen molar-refractivity contribution in [2.24, 2.45) is 0 Å². The zero-order valence-corrected chi connectivity index (χ0v) is 17.9. The van der Waals surface area contributed by atoms with E-state index in [0.29, 0.717) is 43.2 Å². The molecular formula is C23H28N4O4. The van der Waals surface area contributed by atoms with E-state index in [4.69, 9.17) is 4.74 Å². The summed E-state index contributed by atoms with van der Waals surface area (Å²) < 4.78 is 5.30. The van der Waals surface area contributed by atoms with Crippen molar-refractivity contribution in [1.29, 1.82) is 0 Å². The first-order chi connectivity index (χ1) is 15.0. The van der Waals surface area contributed by atoms with Crippen LogP contribution in [0.2, 0.25) is 0 Å². The molecule has 1 aliphatic rings. The van der Waals surface area contributed by atoms with Gasteiger partial charge in [-0.05, 0) is 36.8 Å². The van der Waals surface area contributed by atoms with Gasteiger partial charge in [-0.15, -0.1) is 0 Å². The minimum atomic E-state index is -0.344. The molecule has 0 spiro atoms. The van der Waals surface area contributed by atoms with Crippen molar-refractivity contribution >= 4 is 23.5 Å². The summed E-state index contributed by atoms with van der Waals surface area (Å²) in [5.41, 5.74) is 2.25. The largest absolute Gasteiger partial charge is 0.496 e. The van der Waals surface area contributed by atoms with E-state index in [1.54, 1.807) is 41.2 Å². The van der Waals surface area contributed by atoms with E-state index in [2.05, 4.69) is 10.6 Å². The van der Waals surface area contributed by atoms with E-state index in [1.807, 2.05) is 31.2 Å². The minimum Gasteiger partial charge on any atom is -0.496 e. The third kappa shape index (κ3) is 5.97. The molecule has 0 bridgehead atoms. The van der Waals surface area contributed by atoms with Gasteiger partial charge in [0.2, 0.25) is 5.91 Å². The molecule has 2 aromatic rings. The summed E-state index contributed by atoms with van der Waals surface area (Å²) in [6.07, 6.45) is 0.214. The number of nitrogens with zero attached hydrogens (tertiary/aromatic N) is 2. The van der Waals surface area contributed by atoms with Gasteiger partial charge in [-0.2, -0.15) is 0 Å². The zero-order chi connectivity index (χ0) is 22.2. The van der Waals surface area contributed by atoms with Crippen LogP contribution in [-0.4, -0.2) is 67.5 Å². The van der Waals surface area contributed by atoms with E-state index >= 15 is 0 Å². The molecule has 0 aromatic heterocycles. The van der Waals surface area contributed by atoms with Gasteiger partial charge in [-0.1, -0.05) is 24.3 Å². The van der Waals surface area contributed by atoms with Crippen LogP contribution >= 0.6 is 0 Å². The van der Waals surface area contributed by atoms with Crippen LogP contribution in [0.15, 0.2) is 48.5 Å². The maximum absolute atomic E-state index is 12.8. The van der Waals surface area contributed by atoms with Crippen LogP contribution in [0.25, 0.3) is 0 Å². The predicted molar refractivity (Wildman–Crippen MR) is 118 cm³/mol. The van der Waals surface area contributed by atoms with Crippen molar-refractivity contribution in [2.75, 3.05) is 45.2 Å². The van der Waals surface area contributed by atoms with Gasteiger partial charge in [0, 0.05) is 50.4 Å². The number of methoxy groups -OCH3 is 1. The van der Waals surface area contributed by atoms with Crippen LogP contribution in [0.5, 0.6) is 5.75 Å². The van der Waals surface area contributed by atoms with Gasteiger partial charge in [0.25, 0.3) is 5.91 Å². The molecule has 2 N–H and O–H groups in total. The lowest BCUT2D eigenvalue weighted by Gasteiger charge is -2.35. The van der Waals surface area contributed by atoms with Gasteiger partial charge in [0.15, 0.2) is 0 Å². The fourth-order valence-electron chi connectivity index (χ4n) is 3.43.